The van der Waals surface area contributed by atoms with Crippen molar-refractivity contribution in [1.29, 1.82) is 0 Å². The summed E-state index contributed by atoms with van der Waals surface area (Å²) in [5.74, 6) is 0. The maximum atomic E-state index is 3.70. The summed E-state index contributed by atoms with van der Waals surface area (Å²) in [6.45, 7) is 0. The zero-order chi connectivity index (χ0) is 9.19. The minimum Gasteiger partial charge on any atom is -0.508 e. The normalized spacial score (nSPS) is 12.1. The van der Waals surface area contributed by atoms with Crippen molar-refractivity contribution in [2.24, 2.45) is 0 Å². The zero-order valence-corrected chi connectivity index (χ0v) is 10.4. The lowest BCUT2D eigenvalue weighted by Crippen LogP contribution is -3.17. The minimum atomic E-state index is -0.818. The standard InChI is InChI=1S/C8H12BBr2N/c1-12(2)9(10,11)8-6-4-3-5-7-8/h3-7,12H,1-2H3. The van der Waals surface area contributed by atoms with E-state index in [4.69, 9.17) is 0 Å². The Hall–Kier alpha value is 0.205. The molecule has 66 valence electrons. The Labute approximate surface area is 90.0 Å². The van der Waals surface area contributed by atoms with Crippen molar-refractivity contribution in [3.05, 3.63) is 30.3 Å². The van der Waals surface area contributed by atoms with E-state index in [1.165, 1.54) is 10.3 Å². The molecule has 1 aromatic rings. The van der Waals surface area contributed by atoms with Gasteiger partial charge in [0.25, 0.3) is 0 Å². The smallest absolute Gasteiger partial charge is 0.356 e. The average Bonchev–Trinajstić information content (AvgIpc) is 2.06. The van der Waals surface area contributed by atoms with Gasteiger partial charge in [0, 0.05) is 14.1 Å². The summed E-state index contributed by atoms with van der Waals surface area (Å²) >= 11 is 7.39. The molecule has 0 bridgehead atoms. The SMILES string of the molecule is C[NH+](C)[B-](Br)(Br)c1ccccc1. The highest BCUT2D eigenvalue weighted by atomic mass is 79.9. The van der Waals surface area contributed by atoms with Gasteiger partial charge in [-0.15, -0.1) is 5.46 Å². The molecule has 0 aromatic heterocycles. The number of halogens is 2. The molecule has 1 N–H and O–H groups in total. The van der Waals surface area contributed by atoms with Crippen LogP contribution in [0.2, 0.25) is 0 Å². The van der Waals surface area contributed by atoms with Gasteiger partial charge in [0.2, 0.25) is 0 Å². The molecule has 0 heterocycles. The predicted molar refractivity (Wildman–Crippen MR) is 62.5 cm³/mol. The molecule has 0 aliphatic rings. The fourth-order valence-corrected chi connectivity index (χ4v) is 1.64. The molecule has 0 saturated carbocycles. The fourth-order valence-electron chi connectivity index (χ4n) is 1.03. The Kier molecular flexibility index (Phi) is 3.38. The van der Waals surface area contributed by atoms with Crippen LogP contribution in [0, 0.1) is 0 Å². The Bertz CT molecular complexity index is 248. The van der Waals surface area contributed by atoms with Crippen molar-refractivity contribution in [1.82, 2.24) is 0 Å². The van der Waals surface area contributed by atoms with Crippen LogP contribution < -0.4 is 10.3 Å². The van der Waals surface area contributed by atoms with Gasteiger partial charge in [-0.2, -0.15) is 0 Å². The summed E-state index contributed by atoms with van der Waals surface area (Å²) in [5, 5.41) is 0. The van der Waals surface area contributed by atoms with E-state index in [-0.39, 0.29) is 0 Å². The summed E-state index contributed by atoms with van der Waals surface area (Å²) < 4.78 is -0.818. The second-order valence-electron chi connectivity index (χ2n) is 3.15. The fraction of sp³-hybridized carbons (Fsp3) is 0.250. The molecule has 0 amide bonds. The van der Waals surface area contributed by atoms with Crippen molar-refractivity contribution < 1.29 is 4.81 Å². The third-order valence-corrected chi connectivity index (χ3v) is 4.83. The maximum Gasteiger partial charge on any atom is 0.356 e. The van der Waals surface area contributed by atoms with E-state index in [9.17, 15) is 0 Å². The number of quaternary nitrogens is 1. The summed E-state index contributed by atoms with van der Waals surface area (Å²) in [4.78, 5) is 1.35. The van der Waals surface area contributed by atoms with Crippen LogP contribution in [-0.2, 0) is 0 Å². The lowest BCUT2D eigenvalue weighted by Gasteiger charge is -2.32. The minimum absolute atomic E-state index is 0.818. The van der Waals surface area contributed by atoms with Crippen molar-refractivity contribution in [3.63, 3.8) is 0 Å². The number of nitrogens with one attached hydrogen (secondary N) is 1. The van der Waals surface area contributed by atoms with Crippen molar-refractivity contribution in [2.45, 2.75) is 0 Å². The largest absolute Gasteiger partial charge is 0.508 e. The van der Waals surface area contributed by atoms with Gasteiger partial charge < -0.3 is 4.81 Å². The van der Waals surface area contributed by atoms with Crippen LogP contribution in [0.1, 0.15) is 0 Å². The molecule has 0 fully saturated rings. The van der Waals surface area contributed by atoms with Crippen molar-refractivity contribution in [2.75, 3.05) is 14.1 Å². The van der Waals surface area contributed by atoms with E-state index >= 15 is 0 Å². The maximum absolute atomic E-state index is 3.70. The van der Waals surface area contributed by atoms with E-state index in [0.29, 0.717) is 0 Å². The molecule has 0 aliphatic heterocycles. The third kappa shape index (κ3) is 2.12. The number of rotatable bonds is 2. The second kappa shape index (κ2) is 3.94. The van der Waals surface area contributed by atoms with Gasteiger partial charge in [-0.1, -0.05) is 30.3 Å². The Balaban J connectivity index is 2.98. The summed E-state index contributed by atoms with van der Waals surface area (Å²) in [5.41, 5.74) is 1.29. The van der Waals surface area contributed by atoms with Crippen molar-refractivity contribution in [3.8, 4) is 0 Å². The van der Waals surface area contributed by atoms with Crippen LogP contribution in [0.3, 0.4) is 0 Å². The first kappa shape index (κ1) is 10.3. The molecule has 0 atom stereocenters. The van der Waals surface area contributed by atoms with E-state index in [2.05, 4.69) is 69.9 Å². The molecule has 1 rings (SSSR count). The van der Waals surface area contributed by atoms with Crippen LogP contribution in [0.4, 0.5) is 0 Å². The monoisotopic (exact) mass is 291 g/mol. The first-order valence-electron chi connectivity index (χ1n) is 3.92. The molecule has 1 nitrogen and oxygen atoms in total. The molecule has 0 spiro atoms. The molecular formula is C8H12BBr2N. The second-order valence-corrected chi connectivity index (χ2v) is 7.13. The van der Waals surface area contributed by atoms with Crippen LogP contribution in [0.5, 0.6) is 0 Å². The van der Waals surface area contributed by atoms with Crippen LogP contribution in [-0.4, -0.2) is 18.0 Å². The summed E-state index contributed by atoms with van der Waals surface area (Å²) in [7, 11) is 4.24. The molecule has 1 aromatic carbocycles. The van der Waals surface area contributed by atoms with Gasteiger partial charge in [-0.3, -0.25) is 31.5 Å². The summed E-state index contributed by atoms with van der Waals surface area (Å²) in [6, 6.07) is 10.4. The quantitative estimate of drug-likeness (QED) is 0.768. The Morgan fingerprint density at radius 2 is 1.58 bits per heavy atom. The van der Waals surface area contributed by atoms with Crippen LogP contribution in [0.25, 0.3) is 0 Å². The van der Waals surface area contributed by atoms with Gasteiger partial charge >= 0.3 is 3.93 Å². The van der Waals surface area contributed by atoms with Gasteiger partial charge in [0.1, 0.15) is 0 Å². The highest BCUT2D eigenvalue weighted by Crippen LogP contribution is 2.11. The third-order valence-electron chi connectivity index (χ3n) is 1.94. The predicted octanol–water partition coefficient (Wildman–Crippen LogP) is 0.767. The molecular weight excluding hydrogens is 281 g/mol. The van der Waals surface area contributed by atoms with E-state index in [1.807, 2.05) is 6.07 Å². The van der Waals surface area contributed by atoms with Gasteiger partial charge in [0.05, 0.1) is 0 Å². The van der Waals surface area contributed by atoms with E-state index in [0.717, 1.165) is 0 Å². The molecule has 0 saturated heterocycles. The molecule has 12 heavy (non-hydrogen) atoms. The first-order chi connectivity index (χ1) is 5.55. The van der Waals surface area contributed by atoms with Crippen molar-refractivity contribution >= 4 is 40.9 Å². The first-order valence-corrected chi connectivity index (χ1v) is 5.76. The number of hydrogen-bond donors (Lipinski definition) is 1. The molecule has 4 heteroatoms. The van der Waals surface area contributed by atoms with Crippen LogP contribution in [0.15, 0.2) is 30.3 Å². The highest BCUT2D eigenvalue weighted by molar-refractivity contribution is 9.51. The zero-order valence-electron chi connectivity index (χ0n) is 7.22. The number of benzene rings is 1. The van der Waals surface area contributed by atoms with Gasteiger partial charge in [-0.25, -0.2) is 0 Å². The topological polar surface area (TPSA) is 4.44 Å². The van der Waals surface area contributed by atoms with Crippen LogP contribution >= 0.6 is 31.5 Å². The number of hydrogen-bond acceptors (Lipinski definition) is 0. The molecule has 0 radical (unpaired) electrons. The van der Waals surface area contributed by atoms with E-state index in [1.54, 1.807) is 0 Å². The van der Waals surface area contributed by atoms with Gasteiger partial charge in [0.15, 0.2) is 0 Å². The lowest BCUT2D eigenvalue weighted by molar-refractivity contribution is -0.738. The Morgan fingerprint density at radius 1 is 1.08 bits per heavy atom. The molecule has 0 aliphatic carbocycles. The van der Waals surface area contributed by atoms with Gasteiger partial charge in [-0.05, 0) is 0 Å². The lowest BCUT2D eigenvalue weighted by atomic mass is 9.80. The molecule has 0 unspecified atom stereocenters. The summed E-state index contributed by atoms with van der Waals surface area (Å²) in [6.07, 6.45) is 0. The Morgan fingerprint density at radius 3 is 2.00 bits per heavy atom. The van der Waals surface area contributed by atoms with E-state index < -0.39 is 3.93 Å². The highest BCUT2D eigenvalue weighted by Gasteiger charge is 2.27. The average molecular weight is 293 g/mol.